The molecule has 1 aliphatic rings. The van der Waals surface area contributed by atoms with Crippen molar-refractivity contribution in [2.75, 3.05) is 21.3 Å². The van der Waals surface area contributed by atoms with E-state index in [-0.39, 0.29) is 0 Å². The average molecular weight is 218 g/mol. The smallest absolute Gasteiger partial charge is 0.393 e. The number of rotatable bonds is 5. The number of ether oxygens (including phenoxy) is 2. The highest BCUT2D eigenvalue weighted by Crippen LogP contribution is 2.33. The highest BCUT2D eigenvalue weighted by Gasteiger charge is 2.66. The predicted molar refractivity (Wildman–Crippen MR) is 49.7 cm³/mol. The van der Waals surface area contributed by atoms with Crippen molar-refractivity contribution in [1.82, 2.24) is 0 Å². The van der Waals surface area contributed by atoms with Gasteiger partial charge in [-0.15, -0.1) is 0 Å². The molecule has 0 saturated heterocycles. The van der Waals surface area contributed by atoms with Gasteiger partial charge >= 0.3 is 14.2 Å². The first kappa shape index (κ1) is 11.3. The zero-order chi connectivity index (χ0) is 10.7. The fourth-order valence-corrected chi connectivity index (χ4v) is 3.65. The third-order valence-electron chi connectivity index (χ3n) is 2.21. The van der Waals surface area contributed by atoms with Gasteiger partial charge in [-0.05, 0) is 0 Å². The first-order valence-corrected chi connectivity index (χ1v) is 5.94. The minimum atomic E-state index is -3.00. The Kier molecular flexibility index (Phi) is 3.39. The van der Waals surface area contributed by atoms with Crippen LogP contribution >= 0.6 is 0 Å². The monoisotopic (exact) mass is 218 g/mol. The third-order valence-corrected chi connectivity index (χ3v) is 5.31. The van der Waals surface area contributed by atoms with Crippen LogP contribution in [0.15, 0.2) is 0 Å². The van der Waals surface area contributed by atoms with Gasteiger partial charge in [0, 0.05) is 27.8 Å². The molecule has 0 amide bonds. The van der Waals surface area contributed by atoms with E-state index in [1.807, 2.05) is 6.92 Å². The molecule has 0 unspecified atom stereocenters. The van der Waals surface area contributed by atoms with Gasteiger partial charge in [0.1, 0.15) is 0 Å². The topological polar surface area (TPSA) is 46.2 Å². The van der Waals surface area contributed by atoms with Gasteiger partial charge in [0.15, 0.2) is 12.2 Å². The summed E-state index contributed by atoms with van der Waals surface area (Å²) < 4.78 is 26.3. The van der Waals surface area contributed by atoms with Crippen LogP contribution in [0.25, 0.3) is 0 Å². The van der Waals surface area contributed by atoms with Crippen molar-refractivity contribution in [3.8, 4) is 12.2 Å². The quantitative estimate of drug-likeness (QED) is 0.496. The van der Waals surface area contributed by atoms with Gasteiger partial charge in [-0.2, -0.15) is 0 Å². The van der Waals surface area contributed by atoms with E-state index in [1.54, 1.807) is 0 Å². The Bertz CT molecular complexity index is 227. The molecule has 0 N–H and O–H groups in total. The first-order valence-electron chi connectivity index (χ1n) is 4.21. The largest absolute Gasteiger partial charge is 0.591 e. The van der Waals surface area contributed by atoms with E-state index in [2.05, 4.69) is 12.2 Å². The van der Waals surface area contributed by atoms with Gasteiger partial charge in [0.2, 0.25) is 0 Å². The van der Waals surface area contributed by atoms with Crippen LogP contribution in [0.1, 0.15) is 13.3 Å². The van der Waals surface area contributed by atoms with Crippen molar-refractivity contribution >= 4 is 8.80 Å². The second kappa shape index (κ2) is 4.19. The average Bonchev–Trinajstić information content (AvgIpc) is 2.72. The lowest BCUT2D eigenvalue weighted by Crippen LogP contribution is -2.64. The van der Waals surface area contributed by atoms with E-state index in [1.165, 1.54) is 21.3 Å². The second-order valence-electron chi connectivity index (χ2n) is 2.68. The molecule has 0 atom stereocenters. The Morgan fingerprint density at radius 3 is 1.79 bits per heavy atom. The Morgan fingerprint density at radius 1 is 1.07 bits per heavy atom. The fraction of sp³-hybridized carbons (Fsp3) is 0.750. The molecule has 0 bridgehead atoms. The number of hydrogen-bond acceptors (Lipinski definition) is 5. The zero-order valence-corrected chi connectivity index (χ0v) is 9.75. The highest BCUT2D eigenvalue weighted by molar-refractivity contribution is 6.63. The maximum absolute atomic E-state index is 5.28. The van der Waals surface area contributed by atoms with Crippen LogP contribution in [-0.4, -0.2) is 35.5 Å². The molecule has 1 aliphatic heterocycles. The summed E-state index contributed by atoms with van der Waals surface area (Å²) in [6.07, 6.45) is 5.31. The summed E-state index contributed by atoms with van der Waals surface area (Å²) in [7, 11) is 1.50. The normalized spacial score (nSPS) is 18.0. The van der Waals surface area contributed by atoms with Crippen molar-refractivity contribution in [3.63, 3.8) is 0 Å². The molecular formula is C8H14O5Si. The van der Waals surface area contributed by atoms with E-state index in [9.17, 15) is 0 Å². The summed E-state index contributed by atoms with van der Waals surface area (Å²) in [5.74, 6) is 0. The molecule has 0 aromatic heterocycles. The molecule has 1 heterocycles. The lowest BCUT2D eigenvalue weighted by molar-refractivity contribution is -0.129. The molecule has 5 nitrogen and oxygen atoms in total. The molecule has 1 rings (SSSR count). The summed E-state index contributed by atoms with van der Waals surface area (Å²) in [6.45, 7) is 1.88. The van der Waals surface area contributed by atoms with Crippen molar-refractivity contribution in [1.29, 1.82) is 0 Å². The summed E-state index contributed by atoms with van der Waals surface area (Å²) in [6, 6.07) is 0. The minimum absolute atomic E-state index is 0.523. The molecular weight excluding hydrogens is 204 g/mol. The van der Waals surface area contributed by atoms with Crippen LogP contribution in [0.5, 0.6) is 0 Å². The fourth-order valence-electron chi connectivity index (χ4n) is 1.43. The highest BCUT2D eigenvalue weighted by atomic mass is 28.4. The molecule has 0 aromatic rings. The molecule has 0 saturated carbocycles. The summed E-state index contributed by atoms with van der Waals surface area (Å²) in [5.41, 5.74) is -1.05. The van der Waals surface area contributed by atoms with Gasteiger partial charge in [0.25, 0.3) is 0 Å². The van der Waals surface area contributed by atoms with E-state index >= 15 is 0 Å². The van der Waals surface area contributed by atoms with Crippen LogP contribution in [0, 0.1) is 12.2 Å². The van der Waals surface area contributed by atoms with Crippen LogP contribution in [0.3, 0.4) is 0 Å². The summed E-state index contributed by atoms with van der Waals surface area (Å²) in [5, 5.41) is 0. The standard InChI is InChI=1S/C8H14O5Si/c1-5-8(12-6-7-13-8)14(9-2,10-3)11-4/h5H2,1-4H3. The SMILES string of the molecule is CCC1([Si](OC)(OC)OC)OC#CO1. The van der Waals surface area contributed by atoms with E-state index in [0.717, 1.165) is 0 Å². The first-order chi connectivity index (χ1) is 6.70. The summed E-state index contributed by atoms with van der Waals surface area (Å²) >= 11 is 0. The zero-order valence-electron chi connectivity index (χ0n) is 8.75. The van der Waals surface area contributed by atoms with E-state index in [0.29, 0.717) is 6.42 Å². The summed E-state index contributed by atoms with van der Waals surface area (Å²) in [4.78, 5) is 0. The molecule has 0 fully saturated rings. The molecule has 0 radical (unpaired) electrons. The maximum Gasteiger partial charge on any atom is 0.591 e. The van der Waals surface area contributed by atoms with Crippen molar-refractivity contribution < 1.29 is 22.8 Å². The Hall–Kier alpha value is -0.743. The lowest BCUT2D eigenvalue weighted by atomic mass is 10.5. The van der Waals surface area contributed by atoms with Crippen LogP contribution in [0.2, 0.25) is 0 Å². The van der Waals surface area contributed by atoms with Gasteiger partial charge < -0.3 is 22.8 Å². The van der Waals surface area contributed by atoms with E-state index in [4.69, 9.17) is 22.8 Å². The number of hydrogen-bond donors (Lipinski definition) is 0. The lowest BCUT2D eigenvalue weighted by Gasteiger charge is -2.36. The van der Waals surface area contributed by atoms with Crippen molar-refractivity contribution in [2.45, 2.75) is 18.8 Å². The van der Waals surface area contributed by atoms with Gasteiger partial charge in [-0.25, -0.2) is 0 Å². The Labute approximate surface area is 84.6 Å². The molecule has 0 spiro atoms. The molecule has 14 heavy (non-hydrogen) atoms. The van der Waals surface area contributed by atoms with Crippen LogP contribution in [-0.2, 0) is 22.8 Å². The van der Waals surface area contributed by atoms with Gasteiger partial charge in [-0.3, -0.25) is 0 Å². The molecule has 80 valence electrons. The van der Waals surface area contributed by atoms with Crippen LogP contribution < -0.4 is 0 Å². The Morgan fingerprint density at radius 2 is 1.50 bits per heavy atom. The predicted octanol–water partition coefficient (Wildman–Crippen LogP) is 0.475. The van der Waals surface area contributed by atoms with E-state index < -0.39 is 14.2 Å². The minimum Gasteiger partial charge on any atom is -0.393 e. The van der Waals surface area contributed by atoms with Crippen LogP contribution in [0.4, 0.5) is 0 Å². The molecule has 0 aromatic carbocycles. The van der Waals surface area contributed by atoms with Gasteiger partial charge in [-0.1, -0.05) is 6.92 Å². The second-order valence-corrected chi connectivity index (χ2v) is 5.78. The maximum atomic E-state index is 5.28. The third kappa shape index (κ3) is 1.38. The Balaban J connectivity index is 2.95. The van der Waals surface area contributed by atoms with Crippen molar-refractivity contribution in [3.05, 3.63) is 0 Å². The van der Waals surface area contributed by atoms with Crippen molar-refractivity contribution in [2.24, 2.45) is 0 Å². The molecule has 0 aliphatic carbocycles. The van der Waals surface area contributed by atoms with Gasteiger partial charge in [0.05, 0.1) is 0 Å². The molecule has 6 heteroatoms.